The van der Waals surface area contributed by atoms with Crippen molar-refractivity contribution >= 4 is 28.3 Å². The molecule has 0 saturated heterocycles. The lowest BCUT2D eigenvalue weighted by Gasteiger charge is -2.16. The van der Waals surface area contributed by atoms with Crippen LogP contribution < -0.4 is 5.73 Å². The Kier molecular flexibility index (Phi) is 7.40. The molecule has 142 valence electrons. The van der Waals surface area contributed by atoms with Gasteiger partial charge < -0.3 is 10.8 Å². The number of nitrogens with two attached hydrogens (primary N) is 1. The molecule has 0 aliphatic carbocycles. The van der Waals surface area contributed by atoms with E-state index in [0.29, 0.717) is 5.02 Å². The van der Waals surface area contributed by atoms with Gasteiger partial charge in [0.15, 0.2) is 0 Å². The van der Waals surface area contributed by atoms with E-state index in [1.165, 1.54) is 16.3 Å². The summed E-state index contributed by atoms with van der Waals surface area (Å²) in [7, 11) is 0. The minimum absolute atomic E-state index is 0.0775. The fraction of sp³-hybridized carbons (Fsp3) is 0.261. The van der Waals surface area contributed by atoms with E-state index in [0.717, 1.165) is 5.56 Å². The van der Waals surface area contributed by atoms with Crippen molar-refractivity contribution in [2.45, 2.75) is 32.7 Å². The molecule has 0 spiro atoms. The van der Waals surface area contributed by atoms with Crippen LogP contribution in [0.4, 0.5) is 0 Å². The molecule has 0 aliphatic heterocycles. The topological polar surface area (TPSA) is 63.3 Å². The van der Waals surface area contributed by atoms with Crippen LogP contribution in [0, 0.1) is 5.92 Å². The van der Waals surface area contributed by atoms with Gasteiger partial charge in [0.25, 0.3) is 0 Å². The monoisotopic (exact) mass is 383 g/mol. The molecule has 3 aromatic carbocycles. The number of halogens is 1. The molecule has 0 aliphatic rings. The Hall–Kier alpha value is -2.36. The second-order valence-electron chi connectivity index (χ2n) is 6.97. The maximum Gasteiger partial charge on any atom is 0.311 e. The van der Waals surface area contributed by atoms with Gasteiger partial charge in [-0.3, -0.25) is 4.79 Å². The molecule has 0 bridgehead atoms. The van der Waals surface area contributed by atoms with Gasteiger partial charge in [0, 0.05) is 11.1 Å². The number of carboxylic acids is 1. The summed E-state index contributed by atoms with van der Waals surface area (Å²) in [6, 6.07) is 21.7. The minimum Gasteiger partial charge on any atom is -0.481 e. The highest BCUT2D eigenvalue weighted by Crippen LogP contribution is 2.25. The largest absolute Gasteiger partial charge is 0.481 e. The highest BCUT2D eigenvalue weighted by molar-refractivity contribution is 6.30. The highest BCUT2D eigenvalue weighted by atomic mass is 35.5. The van der Waals surface area contributed by atoms with Crippen LogP contribution in [0.2, 0.25) is 5.02 Å². The fourth-order valence-electron chi connectivity index (χ4n) is 3.13. The van der Waals surface area contributed by atoms with Gasteiger partial charge >= 0.3 is 5.97 Å². The van der Waals surface area contributed by atoms with Gasteiger partial charge in [0.1, 0.15) is 0 Å². The van der Waals surface area contributed by atoms with Gasteiger partial charge in [0.05, 0.1) is 5.92 Å². The second-order valence-corrected chi connectivity index (χ2v) is 7.40. The van der Waals surface area contributed by atoms with Crippen LogP contribution in [-0.4, -0.2) is 11.1 Å². The number of carboxylic acid groups (broad SMARTS) is 1. The normalized spacial score (nSPS) is 13.0. The number of hydrogen-bond acceptors (Lipinski definition) is 2. The average Bonchev–Trinajstić information content (AvgIpc) is 2.63. The summed E-state index contributed by atoms with van der Waals surface area (Å²) < 4.78 is 0. The zero-order valence-corrected chi connectivity index (χ0v) is 16.6. The van der Waals surface area contributed by atoms with Crippen LogP contribution >= 0.6 is 11.6 Å². The lowest BCUT2D eigenvalue weighted by atomic mass is 9.89. The molecule has 3 nitrogen and oxygen atoms in total. The highest BCUT2D eigenvalue weighted by Gasteiger charge is 2.23. The van der Waals surface area contributed by atoms with E-state index < -0.39 is 11.9 Å². The Labute approximate surface area is 165 Å². The quantitative estimate of drug-likeness (QED) is 0.578. The van der Waals surface area contributed by atoms with Crippen molar-refractivity contribution in [1.82, 2.24) is 0 Å². The Balaban J connectivity index is 0.000000194. The standard InChI is InChI=1S/C12H13N.C11H13ClO2/c1-9(13)11-8-4-6-10-5-2-3-7-12(10)11;1-7(2)10(11(13)14)8-3-5-9(12)6-4-8/h2-9H,13H2,1H3;3-7,10H,1-2H3,(H,13,14)/t9-;10-/m00/s1. The smallest absolute Gasteiger partial charge is 0.311 e. The molecule has 0 fully saturated rings. The summed E-state index contributed by atoms with van der Waals surface area (Å²) >= 11 is 5.73. The molecule has 0 saturated carbocycles. The molecule has 3 N–H and O–H groups in total. The molecule has 0 aromatic heterocycles. The van der Waals surface area contributed by atoms with E-state index in [2.05, 4.69) is 30.3 Å². The summed E-state index contributed by atoms with van der Waals surface area (Å²) in [6.07, 6.45) is 0. The summed E-state index contributed by atoms with van der Waals surface area (Å²) in [5, 5.41) is 12.2. The van der Waals surface area contributed by atoms with Crippen LogP contribution in [0.3, 0.4) is 0 Å². The lowest BCUT2D eigenvalue weighted by molar-refractivity contribution is -0.139. The van der Waals surface area contributed by atoms with Crippen molar-refractivity contribution in [3.05, 3.63) is 82.9 Å². The van der Waals surface area contributed by atoms with E-state index in [1.54, 1.807) is 24.3 Å². The number of fused-ring (bicyclic) bond motifs is 1. The summed E-state index contributed by atoms with van der Waals surface area (Å²) in [5.74, 6) is -1.16. The van der Waals surface area contributed by atoms with Crippen LogP contribution in [0.5, 0.6) is 0 Å². The minimum atomic E-state index is -0.790. The SMILES string of the molecule is CC(C)[C@H](C(=O)O)c1ccc(Cl)cc1.C[C@H](N)c1cccc2ccccc12. The van der Waals surface area contributed by atoms with Crippen molar-refractivity contribution in [2.24, 2.45) is 11.7 Å². The van der Waals surface area contributed by atoms with Crippen molar-refractivity contribution in [3.63, 3.8) is 0 Å². The molecule has 3 rings (SSSR count). The summed E-state index contributed by atoms with van der Waals surface area (Å²) in [5.41, 5.74) is 7.90. The molecule has 2 atom stereocenters. The van der Waals surface area contributed by atoms with E-state index in [1.807, 2.05) is 32.9 Å². The van der Waals surface area contributed by atoms with Crippen LogP contribution in [0.25, 0.3) is 10.8 Å². The number of carbonyl (C=O) groups is 1. The molecule has 3 aromatic rings. The Morgan fingerprint density at radius 3 is 2.07 bits per heavy atom. The lowest BCUT2D eigenvalue weighted by Crippen LogP contribution is -2.17. The predicted octanol–water partition coefficient (Wildman–Crippen LogP) is 6.02. The number of benzene rings is 3. The van der Waals surface area contributed by atoms with Crippen LogP contribution in [0.15, 0.2) is 66.7 Å². The van der Waals surface area contributed by atoms with Gasteiger partial charge in [-0.15, -0.1) is 0 Å². The van der Waals surface area contributed by atoms with Crippen LogP contribution in [0.1, 0.15) is 43.9 Å². The molecule has 0 amide bonds. The predicted molar refractivity (Wildman–Crippen MR) is 113 cm³/mol. The van der Waals surface area contributed by atoms with Gasteiger partial charge in [-0.1, -0.05) is 80.0 Å². The first-order valence-corrected chi connectivity index (χ1v) is 9.40. The average molecular weight is 384 g/mol. The molecule has 27 heavy (non-hydrogen) atoms. The maximum atomic E-state index is 11.0. The van der Waals surface area contributed by atoms with Gasteiger partial charge in [-0.05, 0) is 46.9 Å². The molecular weight excluding hydrogens is 358 g/mol. The molecule has 4 heteroatoms. The molecule has 0 heterocycles. The van der Waals surface area contributed by atoms with Gasteiger partial charge in [-0.25, -0.2) is 0 Å². The Morgan fingerprint density at radius 1 is 0.926 bits per heavy atom. The van der Waals surface area contributed by atoms with Crippen LogP contribution in [-0.2, 0) is 4.79 Å². The third-order valence-electron chi connectivity index (χ3n) is 4.48. The summed E-state index contributed by atoms with van der Waals surface area (Å²) in [6.45, 7) is 5.81. The van der Waals surface area contributed by atoms with E-state index >= 15 is 0 Å². The van der Waals surface area contributed by atoms with Gasteiger partial charge in [-0.2, -0.15) is 0 Å². The number of rotatable bonds is 4. The molecule has 0 unspecified atom stereocenters. The van der Waals surface area contributed by atoms with E-state index in [4.69, 9.17) is 22.4 Å². The Morgan fingerprint density at radius 2 is 1.52 bits per heavy atom. The molecule has 0 radical (unpaired) electrons. The van der Waals surface area contributed by atoms with Crippen molar-refractivity contribution in [2.75, 3.05) is 0 Å². The first-order valence-electron chi connectivity index (χ1n) is 9.02. The first kappa shape index (κ1) is 20.9. The van der Waals surface area contributed by atoms with Gasteiger partial charge in [0.2, 0.25) is 0 Å². The second kappa shape index (κ2) is 9.54. The molecular formula is C23H26ClNO2. The number of hydrogen-bond donors (Lipinski definition) is 2. The zero-order chi connectivity index (χ0) is 20.0. The van der Waals surface area contributed by atoms with E-state index in [9.17, 15) is 4.79 Å². The Bertz CT molecular complexity index is 883. The van der Waals surface area contributed by atoms with Crippen molar-refractivity contribution < 1.29 is 9.90 Å². The number of aliphatic carboxylic acids is 1. The zero-order valence-electron chi connectivity index (χ0n) is 15.9. The third-order valence-corrected chi connectivity index (χ3v) is 4.73. The maximum absolute atomic E-state index is 11.0. The van der Waals surface area contributed by atoms with Crippen molar-refractivity contribution in [1.29, 1.82) is 0 Å². The van der Waals surface area contributed by atoms with E-state index in [-0.39, 0.29) is 12.0 Å². The third kappa shape index (κ3) is 5.56. The summed E-state index contributed by atoms with van der Waals surface area (Å²) in [4.78, 5) is 11.0. The first-order chi connectivity index (χ1) is 12.8. The fourth-order valence-corrected chi connectivity index (χ4v) is 3.26. The van der Waals surface area contributed by atoms with Crippen molar-refractivity contribution in [3.8, 4) is 0 Å².